The number of hydrogen-bond donors (Lipinski definition) is 2. The Morgan fingerprint density at radius 1 is 1.13 bits per heavy atom. The summed E-state index contributed by atoms with van der Waals surface area (Å²) >= 11 is 6.02. The maximum absolute atomic E-state index is 12.4. The molecule has 0 atom stereocenters. The van der Waals surface area contributed by atoms with Crippen LogP contribution in [0.4, 0.5) is 10.5 Å². The third-order valence-electron chi connectivity index (χ3n) is 4.25. The number of nitrogens with one attached hydrogen (secondary N) is 2. The molecule has 3 aromatic rings. The van der Waals surface area contributed by atoms with Gasteiger partial charge < -0.3 is 9.47 Å². The maximum atomic E-state index is 12.4. The Morgan fingerprint density at radius 3 is 2.58 bits per heavy atom. The smallest absolute Gasteiger partial charge is 0.412 e. The van der Waals surface area contributed by atoms with Crippen molar-refractivity contribution < 1.29 is 14.3 Å². The molecule has 2 aromatic heterocycles. The third kappa shape index (κ3) is 5.58. The molecule has 8 heteroatoms. The van der Waals surface area contributed by atoms with E-state index in [2.05, 4.69) is 15.3 Å². The molecular formula is C23H23ClN4O3. The molecule has 0 aliphatic carbocycles. The van der Waals surface area contributed by atoms with Crippen LogP contribution in [-0.2, 0) is 4.74 Å². The fraction of sp³-hybridized carbons (Fsp3) is 0.217. The molecule has 0 radical (unpaired) electrons. The normalized spacial score (nSPS) is 11.0. The Hall–Kier alpha value is -3.45. The molecule has 2 heterocycles. The zero-order chi connectivity index (χ0) is 22.6. The molecule has 0 aliphatic heterocycles. The lowest BCUT2D eigenvalue weighted by atomic mass is 9.96. The molecule has 0 saturated carbocycles. The number of hydrogen-bond acceptors (Lipinski definition) is 6. The first-order valence-corrected chi connectivity index (χ1v) is 9.89. The summed E-state index contributed by atoms with van der Waals surface area (Å²) in [7, 11) is 1.58. The van der Waals surface area contributed by atoms with Gasteiger partial charge in [-0.2, -0.15) is 0 Å². The van der Waals surface area contributed by atoms with Crippen LogP contribution >= 0.6 is 11.6 Å². The van der Waals surface area contributed by atoms with Crippen molar-refractivity contribution in [2.45, 2.75) is 26.4 Å². The summed E-state index contributed by atoms with van der Waals surface area (Å²) < 4.78 is 10.8. The van der Waals surface area contributed by atoms with Crippen LogP contribution in [0.2, 0.25) is 5.15 Å². The van der Waals surface area contributed by atoms with E-state index >= 15 is 0 Å². The SMILES string of the molecule is COc1ccncc1-c1ccc(NC(=O)OC(C)(C)C)c(C(=N)c2ccnc(Cl)c2)c1. The number of benzene rings is 1. The zero-order valence-corrected chi connectivity index (χ0v) is 18.4. The number of carbonyl (C=O) groups excluding carboxylic acids is 1. The zero-order valence-electron chi connectivity index (χ0n) is 17.7. The molecular weight excluding hydrogens is 416 g/mol. The van der Waals surface area contributed by atoms with Crippen LogP contribution in [0, 0.1) is 5.41 Å². The molecule has 0 aliphatic rings. The average molecular weight is 439 g/mol. The molecule has 2 N–H and O–H groups in total. The van der Waals surface area contributed by atoms with E-state index in [1.807, 2.05) is 6.07 Å². The Bertz CT molecular complexity index is 1130. The standard InChI is InChI=1S/C23H23ClN4O3/c1-23(2,3)31-22(29)28-18-6-5-14(17-13-26-9-8-19(17)30-4)11-16(18)21(25)15-7-10-27-20(24)12-15/h5-13,25H,1-4H3,(H,28,29). The topological polar surface area (TPSA) is 97.2 Å². The van der Waals surface area contributed by atoms with Gasteiger partial charge in [-0.05, 0) is 56.7 Å². The molecule has 1 amide bonds. The molecule has 7 nitrogen and oxygen atoms in total. The predicted molar refractivity (Wildman–Crippen MR) is 121 cm³/mol. The monoisotopic (exact) mass is 438 g/mol. The van der Waals surface area contributed by atoms with Crippen LogP contribution < -0.4 is 10.1 Å². The number of ether oxygens (including phenoxy) is 2. The molecule has 3 rings (SSSR count). The summed E-state index contributed by atoms with van der Waals surface area (Å²) in [6.45, 7) is 5.35. The number of nitrogens with zero attached hydrogens (tertiary/aromatic N) is 2. The molecule has 0 fully saturated rings. The Morgan fingerprint density at radius 2 is 1.90 bits per heavy atom. The van der Waals surface area contributed by atoms with Crippen molar-refractivity contribution in [1.29, 1.82) is 5.41 Å². The van der Waals surface area contributed by atoms with Crippen molar-refractivity contribution in [3.63, 3.8) is 0 Å². The van der Waals surface area contributed by atoms with Crippen LogP contribution in [0.5, 0.6) is 5.75 Å². The third-order valence-corrected chi connectivity index (χ3v) is 4.46. The first-order chi connectivity index (χ1) is 14.7. The number of anilines is 1. The summed E-state index contributed by atoms with van der Waals surface area (Å²) in [5.74, 6) is 0.646. The highest BCUT2D eigenvalue weighted by molar-refractivity contribution is 6.30. The number of rotatable bonds is 5. The van der Waals surface area contributed by atoms with Crippen molar-refractivity contribution >= 4 is 29.1 Å². The van der Waals surface area contributed by atoms with Gasteiger partial charge >= 0.3 is 6.09 Å². The van der Waals surface area contributed by atoms with Crippen LogP contribution in [0.3, 0.4) is 0 Å². The van der Waals surface area contributed by atoms with Crippen LogP contribution in [0.25, 0.3) is 11.1 Å². The van der Waals surface area contributed by atoms with Gasteiger partial charge in [-0.15, -0.1) is 0 Å². The summed E-state index contributed by atoms with van der Waals surface area (Å²) in [5.41, 5.74) is 2.52. The second-order valence-corrected chi connectivity index (χ2v) is 8.09. The average Bonchev–Trinajstić information content (AvgIpc) is 2.72. The van der Waals surface area contributed by atoms with Crippen molar-refractivity contribution in [3.05, 3.63) is 71.3 Å². The molecule has 1 aromatic carbocycles. The van der Waals surface area contributed by atoms with Gasteiger partial charge in [0.1, 0.15) is 16.5 Å². The summed E-state index contributed by atoms with van der Waals surface area (Å²) in [6.07, 6.45) is 4.25. The van der Waals surface area contributed by atoms with Gasteiger partial charge in [-0.25, -0.2) is 9.78 Å². The molecule has 0 unspecified atom stereocenters. The number of halogens is 1. The molecule has 0 bridgehead atoms. The predicted octanol–water partition coefficient (Wildman–Crippen LogP) is 5.57. The molecule has 0 spiro atoms. The van der Waals surface area contributed by atoms with E-state index in [4.69, 9.17) is 26.5 Å². The highest BCUT2D eigenvalue weighted by atomic mass is 35.5. The quantitative estimate of drug-likeness (QED) is 0.401. The van der Waals surface area contributed by atoms with E-state index < -0.39 is 11.7 Å². The van der Waals surface area contributed by atoms with Gasteiger partial charge in [0.25, 0.3) is 0 Å². The number of aromatic nitrogens is 2. The summed E-state index contributed by atoms with van der Waals surface area (Å²) in [4.78, 5) is 20.5. The minimum absolute atomic E-state index is 0.167. The Labute approximate surface area is 185 Å². The fourth-order valence-corrected chi connectivity index (χ4v) is 3.11. The van der Waals surface area contributed by atoms with Crippen LogP contribution in [0.1, 0.15) is 31.9 Å². The Balaban J connectivity index is 2.08. The first-order valence-electron chi connectivity index (χ1n) is 9.51. The lowest BCUT2D eigenvalue weighted by Gasteiger charge is -2.21. The lowest BCUT2D eigenvalue weighted by molar-refractivity contribution is 0.0636. The Kier molecular flexibility index (Phi) is 6.56. The van der Waals surface area contributed by atoms with Crippen molar-refractivity contribution in [3.8, 4) is 16.9 Å². The largest absolute Gasteiger partial charge is 0.496 e. The summed E-state index contributed by atoms with van der Waals surface area (Å²) in [6, 6.07) is 10.4. The van der Waals surface area contributed by atoms with Crippen molar-refractivity contribution in [1.82, 2.24) is 9.97 Å². The minimum Gasteiger partial charge on any atom is -0.496 e. The molecule has 31 heavy (non-hydrogen) atoms. The van der Waals surface area contributed by atoms with Crippen LogP contribution in [-0.4, -0.2) is 34.5 Å². The first kappa shape index (κ1) is 22.2. The number of amides is 1. The van der Waals surface area contributed by atoms with Gasteiger partial charge in [0.15, 0.2) is 0 Å². The second kappa shape index (κ2) is 9.14. The summed E-state index contributed by atoms with van der Waals surface area (Å²) in [5, 5.41) is 11.8. The van der Waals surface area contributed by atoms with Crippen LogP contribution in [0.15, 0.2) is 55.0 Å². The number of methoxy groups -OCH3 is 1. The fourth-order valence-electron chi connectivity index (χ4n) is 2.93. The maximum Gasteiger partial charge on any atom is 0.412 e. The van der Waals surface area contributed by atoms with Gasteiger partial charge in [-0.1, -0.05) is 17.7 Å². The van der Waals surface area contributed by atoms with E-state index in [1.54, 1.807) is 70.6 Å². The molecule has 0 saturated heterocycles. The van der Waals surface area contributed by atoms with Crippen molar-refractivity contribution in [2.75, 3.05) is 12.4 Å². The van der Waals surface area contributed by atoms with Gasteiger partial charge in [-0.3, -0.25) is 15.7 Å². The van der Waals surface area contributed by atoms with Crippen molar-refractivity contribution in [2.24, 2.45) is 0 Å². The second-order valence-electron chi connectivity index (χ2n) is 7.71. The highest BCUT2D eigenvalue weighted by Gasteiger charge is 2.20. The van der Waals surface area contributed by atoms with Gasteiger partial charge in [0, 0.05) is 35.3 Å². The van der Waals surface area contributed by atoms with E-state index in [0.29, 0.717) is 22.6 Å². The minimum atomic E-state index is -0.653. The van der Waals surface area contributed by atoms with Gasteiger partial charge in [0.2, 0.25) is 0 Å². The molecule has 160 valence electrons. The number of carbonyl (C=O) groups is 1. The highest BCUT2D eigenvalue weighted by Crippen LogP contribution is 2.32. The van der Waals surface area contributed by atoms with Gasteiger partial charge in [0.05, 0.1) is 18.5 Å². The van der Waals surface area contributed by atoms with E-state index in [0.717, 1.165) is 11.1 Å². The van der Waals surface area contributed by atoms with E-state index in [9.17, 15) is 4.79 Å². The van der Waals surface area contributed by atoms with E-state index in [-0.39, 0.29) is 10.9 Å². The lowest BCUT2D eigenvalue weighted by Crippen LogP contribution is -2.27. The van der Waals surface area contributed by atoms with E-state index in [1.165, 1.54) is 6.20 Å². The number of pyridine rings is 2.